The average molecular weight is 422 g/mol. The third-order valence-corrected chi connectivity index (χ3v) is 5.70. The number of amides is 1. The summed E-state index contributed by atoms with van der Waals surface area (Å²) in [4.78, 5) is 16.8. The molecule has 0 aliphatic heterocycles. The Bertz CT molecular complexity index is 1070. The third-order valence-electron chi connectivity index (χ3n) is 5.49. The summed E-state index contributed by atoms with van der Waals surface area (Å²) in [5.74, 6) is 1.18. The average Bonchev–Trinajstić information content (AvgIpc) is 2.70. The maximum absolute atomic E-state index is 12.8. The van der Waals surface area contributed by atoms with Gasteiger partial charge in [0.2, 0.25) is 0 Å². The number of anilines is 2. The molecule has 1 heterocycles. The summed E-state index contributed by atoms with van der Waals surface area (Å²) in [6.45, 7) is 1.91. The van der Waals surface area contributed by atoms with Crippen molar-refractivity contribution in [1.82, 2.24) is 4.98 Å². The summed E-state index contributed by atoms with van der Waals surface area (Å²) in [5, 5.41) is 3.44. The van der Waals surface area contributed by atoms with Gasteiger partial charge in [-0.15, -0.1) is 0 Å². The Kier molecular flexibility index (Phi) is 5.91. The summed E-state index contributed by atoms with van der Waals surface area (Å²) in [6, 6.07) is 17.1. The van der Waals surface area contributed by atoms with Gasteiger partial charge in [-0.3, -0.25) is 4.79 Å². The number of aromatic nitrogens is 1. The molecule has 0 radical (unpaired) electrons. The fourth-order valence-electron chi connectivity index (χ4n) is 3.53. The molecule has 30 heavy (non-hydrogen) atoms. The van der Waals surface area contributed by atoms with Crippen molar-refractivity contribution >= 4 is 29.0 Å². The number of rotatable bonds is 6. The summed E-state index contributed by atoms with van der Waals surface area (Å²) >= 11 is 5.98. The van der Waals surface area contributed by atoms with Gasteiger partial charge in [0.15, 0.2) is 11.6 Å². The van der Waals surface area contributed by atoms with Gasteiger partial charge in [0, 0.05) is 23.5 Å². The van der Waals surface area contributed by atoms with Crippen molar-refractivity contribution in [1.29, 1.82) is 0 Å². The third kappa shape index (κ3) is 4.57. The van der Waals surface area contributed by atoms with E-state index < -0.39 is 0 Å². The molecule has 6 heteroatoms. The summed E-state index contributed by atoms with van der Waals surface area (Å²) in [7, 11) is 0. The number of carbonyl (C=O) groups excluding carboxylic acids is 1. The number of pyridine rings is 1. The number of benzene rings is 2. The van der Waals surface area contributed by atoms with E-state index in [0.717, 1.165) is 5.56 Å². The van der Waals surface area contributed by atoms with E-state index >= 15 is 0 Å². The lowest BCUT2D eigenvalue weighted by Gasteiger charge is -2.26. The number of carbonyl (C=O) groups is 1. The number of nitrogen functional groups attached to an aromatic ring is 1. The largest absolute Gasteiger partial charge is 0.482 e. The second-order valence-corrected chi connectivity index (χ2v) is 8.07. The lowest BCUT2D eigenvalue weighted by atomic mass is 9.80. The van der Waals surface area contributed by atoms with E-state index in [-0.39, 0.29) is 17.8 Å². The Morgan fingerprint density at radius 2 is 2.00 bits per heavy atom. The van der Waals surface area contributed by atoms with Gasteiger partial charge >= 0.3 is 0 Å². The molecule has 1 saturated carbocycles. The monoisotopic (exact) mass is 421 g/mol. The van der Waals surface area contributed by atoms with Crippen LogP contribution >= 0.6 is 11.6 Å². The van der Waals surface area contributed by atoms with E-state index in [1.54, 1.807) is 6.07 Å². The number of nitrogens with zero attached hydrogens (tertiary/aromatic N) is 1. The molecule has 154 valence electrons. The minimum absolute atomic E-state index is 0.120. The lowest BCUT2D eigenvalue weighted by Crippen LogP contribution is -2.14. The highest BCUT2D eigenvalue weighted by atomic mass is 35.5. The van der Waals surface area contributed by atoms with Gasteiger partial charge in [-0.1, -0.05) is 42.3 Å². The Balaban J connectivity index is 1.46. The van der Waals surface area contributed by atoms with Crippen LogP contribution < -0.4 is 15.8 Å². The first-order valence-electron chi connectivity index (χ1n) is 10.1. The Morgan fingerprint density at radius 3 is 2.77 bits per heavy atom. The van der Waals surface area contributed by atoms with Gasteiger partial charge in [-0.05, 0) is 61.1 Å². The number of halogens is 1. The van der Waals surface area contributed by atoms with Crippen LogP contribution in [0.3, 0.4) is 0 Å². The van der Waals surface area contributed by atoms with E-state index in [2.05, 4.69) is 16.4 Å². The van der Waals surface area contributed by atoms with Crippen molar-refractivity contribution < 1.29 is 9.53 Å². The molecule has 4 rings (SSSR count). The van der Waals surface area contributed by atoms with E-state index in [9.17, 15) is 4.79 Å². The van der Waals surface area contributed by atoms with Crippen molar-refractivity contribution in [3.05, 3.63) is 82.5 Å². The lowest BCUT2D eigenvalue weighted by molar-refractivity contribution is 0.102. The number of ether oxygens (including phenoxy) is 1. The fraction of sp³-hybridized carbons (Fsp3) is 0.250. The van der Waals surface area contributed by atoms with Crippen molar-refractivity contribution in [2.45, 2.75) is 38.2 Å². The fourth-order valence-corrected chi connectivity index (χ4v) is 3.68. The highest BCUT2D eigenvalue weighted by Crippen LogP contribution is 2.36. The van der Waals surface area contributed by atoms with Crippen molar-refractivity contribution in [2.24, 2.45) is 0 Å². The molecule has 0 spiro atoms. The van der Waals surface area contributed by atoms with Crippen LogP contribution in [0.15, 0.2) is 60.8 Å². The van der Waals surface area contributed by atoms with Crippen LogP contribution in [0, 0.1) is 0 Å². The molecule has 1 aromatic heterocycles. The molecule has 1 unspecified atom stereocenters. The SMILES string of the molecule is CC(Oc1cc(Cl)cnc1N)c1cccc(NC(=O)c2cccc(C3CCC3)c2)c1. The highest BCUT2D eigenvalue weighted by molar-refractivity contribution is 6.30. The molecule has 3 aromatic rings. The molecular weight excluding hydrogens is 398 g/mol. The predicted molar refractivity (Wildman–Crippen MR) is 120 cm³/mol. The zero-order valence-electron chi connectivity index (χ0n) is 16.8. The summed E-state index contributed by atoms with van der Waals surface area (Å²) < 4.78 is 5.93. The first-order chi connectivity index (χ1) is 14.5. The molecule has 1 amide bonds. The van der Waals surface area contributed by atoms with Crippen molar-refractivity contribution in [2.75, 3.05) is 11.1 Å². The minimum Gasteiger partial charge on any atom is -0.482 e. The standard InChI is InChI=1S/C24H24ClN3O2/c1-15(30-22-13-20(25)14-27-23(22)26)17-7-4-10-21(12-17)28-24(29)19-9-3-8-18(11-19)16-5-2-6-16/h3-4,7-16H,2,5-6H2,1H3,(H2,26,27)(H,28,29). The maximum atomic E-state index is 12.8. The topological polar surface area (TPSA) is 77.2 Å². The first kappa shape index (κ1) is 20.2. The first-order valence-corrected chi connectivity index (χ1v) is 10.5. The quantitative estimate of drug-likeness (QED) is 0.513. The molecular formula is C24H24ClN3O2. The summed E-state index contributed by atoms with van der Waals surface area (Å²) in [5.41, 5.74) is 9.40. The van der Waals surface area contributed by atoms with Crippen LogP contribution in [0.5, 0.6) is 5.75 Å². The minimum atomic E-state index is -0.300. The van der Waals surface area contributed by atoms with Gasteiger partial charge in [-0.2, -0.15) is 0 Å². The Morgan fingerprint density at radius 1 is 1.20 bits per heavy atom. The zero-order chi connectivity index (χ0) is 21.1. The normalized spacial score (nSPS) is 14.6. The summed E-state index contributed by atoms with van der Waals surface area (Å²) in [6.07, 6.45) is 4.86. The predicted octanol–water partition coefficient (Wildman–Crippen LogP) is 5.98. The van der Waals surface area contributed by atoms with Crippen LogP contribution in [0.4, 0.5) is 11.5 Å². The maximum Gasteiger partial charge on any atom is 0.255 e. The molecule has 3 N–H and O–H groups in total. The van der Waals surface area contributed by atoms with Gasteiger partial charge < -0.3 is 15.8 Å². The van der Waals surface area contributed by atoms with E-state index in [4.69, 9.17) is 22.1 Å². The van der Waals surface area contributed by atoms with Gasteiger partial charge in [0.25, 0.3) is 5.91 Å². The highest BCUT2D eigenvalue weighted by Gasteiger charge is 2.20. The molecule has 0 saturated heterocycles. The second-order valence-electron chi connectivity index (χ2n) is 7.63. The molecule has 1 atom stereocenters. The smallest absolute Gasteiger partial charge is 0.255 e. The van der Waals surface area contributed by atoms with Crippen molar-refractivity contribution in [3.8, 4) is 5.75 Å². The van der Waals surface area contributed by atoms with Gasteiger partial charge in [0.05, 0.1) is 5.02 Å². The molecule has 1 aliphatic rings. The number of nitrogens with one attached hydrogen (secondary N) is 1. The molecule has 0 bridgehead atoms. The van der Waals surface area contributed by atoms with Crippen LogP contribution in [-0.4, -0.2) is 10.9 Å². The molecule has 2 aromatic carbocycles. The zero-order valence-corrected chi connectivity index (χ0v) is 17.5. The van der Waals surface area contributed by atoms with Gasteiger partial charge in [-0.25, -0.2) is 4.98 Å². The van der Waals surface area contributed by atoms with E-state index in [0.29, 0.717) is 27.9 Å². The van der Waals surface area contributed by atoms with Crippen molar-refractivity contribution in [3.63, 3.8) is 0 Å². The van der Waals surface area contributed by atoms with E-state index in [1.807, 2.05) is 49.4 Å². The molecule has 1 aliphatic carbocycles. The van der Waals surface area contributed by atoms with Crippen LogP contribution in [0.25, 0.3) is 0 Å². The second kappa shape index (κ2) is 8.76. The number of hydrogen-bond acceptors (Lipinski definition) is 4. The van der Waals surface area contributed by atoms with Crippen LogP contribution in [-0.2, 0) is 0 Å². The number of nitrogens with two attached hydrogens (primary N) is 1. The van der Waals surface area contributed by atoms with Crippen LogP contribution in [0.2, 0.25) is 5.02 Å². The molecule has 5 nitrogen and oxygen atoms in total. The number of hydrogen-bond donors (Lipinski definition) is 2. The van der Waals surface area contributed by atoms with E-state index in [1.165, 1.54) is 31.0 Å². The molecule has 1 fully saturated rings. The van der Waals surface area contributed by atoms with Gasteiger partial charge in [0.1, 0.15) is 6.10 Å². The Labute approximate surface area is 181 Å². The Hall–Kier alpha value is -3.05. The van der Waals surface area contributed by atoms with Crippen LogP contribution in [0.1, 0.15) is 59.7 Å².